The van der Waals surface area contributed by atoms with E-state index in [9.17, 15) is 10.1 Å². The summed E-state index contributed by atoms with van der Waals surface area (Å²) in [5, 5.41) is 9.90. The fourth-order valence-corrected chi connectivity index (χ4v) is 2.94. The fraction of sp³-hybridized carbons (Fsp3) is 0.308. The molecular weight excluding hydrogens is 290 g/mol. The van der Waals surface area contributed by atoms with E-state index in [0.29, 0.717) is 11.5 Å². The van der Waals surface area contributed by atoms with E-state index in [0.717, 1.165) is 17.2 Å². The Labute approximate surface area is 126 Å². The second-order valence-electron chi connectivity index (χ2n) is 4.44. The summed E-state index contributed by atoms with van der Waals surface area (Å²) in [6, 6.07) is 2.05. The van der Waals surface area contributed by atoms with Crippen molar-refractivity contribution in [3.8, 4) is 6.07 Å². The lowest BCUT2D eigenvalue weighted by atomic mass is 10.2. The quantitative estimate of drug-likeness (QED) is 0.857. The Balaban J connectivity index is 2.37. The molecule has 0 spiro atoms. The van der Waals surface area contributed by atoms with Gasteiger partial charge in [0, 0.05) is 26.5 Å². The number of hydrogen-bond donors (Lipinski definition) is 1. The highest BCUT2D eigenvalue weighted by Gasteiger charge is 2.24. The van der Waals surface area contributed by atoms with Gasteiger partial charge in [0.05, 0.1) is 19.3 Å². The monoisotopic (exact) mass is 305 g/mol. The molecule has 0 fully saturated rings. The van der Waals surface area contributed by atoms with E-state index in [1.165, 1.54) is 7.11 Å². The molecule has 110 valence electrons. The van der Waals surface area contributed by atoms with Gasteiger partial charge < -0.3 is 19.9 Å². The number of aromatic nitrogens is 2. The van der Waals surface area contributed by atoms with Crippen molar-refractivity contribution in [2.45, 2.75) is 6.54 Å². The minimum absolute atomic E-state index is 0.163. The van der Waals surface area contributed by atoms with Gasteiger partial charge in [0.25, 0.3) is 0 Å². The molecule has 0 saturated carbocycles. The van der Waals surface area contributed by atoms with Gasteiger partial charge in [0.2, 0.25) is 0 Å². The number of methoxy groups -OCH3 is 1. The van der Waals surface area contributed by atoms with Gasteiger partial charge in [0.15, 0.2) is 0 Å². The molecule has 2 aromatic heterocycles. The van der Waals surface area contributed by atoms with Crippen LogP contribution < -0.4 is 10.6 Å². The molecule has 2 N–H and O–H groups in total. The van der Waals surface area contributed by atoms with E-state index in [-0.39, 0.29) is 16.1 Å². The Morgan fingerprint density at radius 3 is 2.90 bits per heavy atom. The van der Waals surface area contributed by atoms with E-state index in [1.54, 1.807) is 6.20 Å². The second kappa shape index (κ2) is 5.85. The van der Waals surface area contributed by atoms with Crippen LogP contribution in [0, 0.1) is 11.3 Å². The van der Waals surface area contributed by atoms with Gasteiger partial charge in [-0.3, -0.25) is 0 Å². The molecule has 2 aromatic rings. The van der Waals surface area contributed by atoms with Crippen LogP contribution >= 0.6 is 11.3 Å². The number of nitriles is 1. The standard InChI is InChI=1S/C13H15N5O2S/c1-17-5-4-16-9(17)7-18(2)12-8(6-14)10(15)11(21-12)13(19)20-3/h4-5H,7,15H2,1-3H3. The first-order chi connectivity index (χ1) is 9.99. The first-order valence-corrected chi connectivity index (χ1v) is 6.89. The molecule has 0 amide bonds. The third-order valence-corrected chi connectivity index (χ3v) is 4.36. The van der Waals surface area contributed by atoms with Crippen molar-refractivity contribution in [3.05, 3.63) is 28.7 Å². The summed E-state index contributed by atoms with van der Waals surface area (Å²) in [4.78, 5) is 18.0. The highest BCUT2D eigenvalue weighted by Crippen LogP contribution is 2.38. The molecule has 0 aliphatic carbocycles. The Kier molecular flexibility index (Phi) is 4.14. The van der Waals surface area contributed by atoms with Crippen LogP contribution in [-0.4, -0.2) is 29.7 Å². The number of carbonyl (C=O) groups is 1. The summed E-state index contributed by atoms with van der Waals surface area (Å²) >= 11 is 1.15. The number of carbonyl (C=O) groups excluding carboxylic acids is 1. The summed E-state index contributed by atoms with van der Waals surface area (Å²) in [5.41, 5.74) is 6.32. The molecule has 2 heterocycles. The molecule has 0 unspecified atom stereocenters. The molecule has 0 aliphatic rings. The van der Waals surface area contributed by atoms with Crippen molar-refractivity contribution in [2.75, 3.05) is 24.8 Å². The van der Waals surface area contributed by atoms with Gasteiger partial charge in [-0.05, 0) is 0 Å². The molecule has 7 nitrogen and oxygen atoms in total. The van der Waals surface area contributed by atoms with E-state index in [4.69, 9.17) is 5.73 Å². The van der Waals surface area contributed by atoms with Gasteiger partial charge in [-0.15, -0.1) is 11.3 Å². The van der Waals surface area contributed by atoms with Crippen molar-refractivity contribution in [3.63, 3.8) is 0 Å². The van der Waals surface area contributed by atoms with Crippen LogP contribution in [-0.2, 0) is 18.3 Å². The van der Waals surface area contributed by atoms with Crippen LogP contribution in [0.25, 0.3) is 0 Å². The highest BCUT2D eigenvalue weighted by atomic mass is 32.1. The van der Waals surface area contributed by atoms with Gasteiger partial charge >= 0.3 is 5.97 Å². The topological polar surface area (TPSA) is 97.2 Å². The Morgan fingerprint density at radius 2 is 2.38 bits per heavy atom. The van der Waals surface area contributed by atoms with Crippen LogP contribution in [0.1, 0.15) is 21.1 Å². The number of nitrogens with zero attached hydrogens (tertiary/aromatic N) is 4. The lowest BCUT2D eigenvalue weighted by Gasteiger charge is -2.17. The molecular formula is C13H15N5O2S. The van der Waals surface area contributed by atoms with Crippen LogP contribution in [0.2, 0.25) is 0 Å². The van der Waals surface area contributed by atoms with E-state index < -0.39 is 5.97 Å². The number of esters is 1. The predicted molar refractivity (Wildman–Crippen MR) is 80.1 cm³/mol. The minimum atomic E-state index is -0.536. The summed E-state index contributed by atoms with van der Waals surface area (Å²) in [7, 11) is 5.00. The van der Waals surface area contributed by atoms with Crippen molar-refractivity contribution >= 4 is 28.0 Å². The largest absolute Gasteiger partial charge is 0.465 e. The molecule has 0 aliphatic heterocycles. The normalized spacial score (nSPS) is 10.2. The van der Waals surface area contributed by atoms with Gasteiger partial charge in [0.1, 0.15) is 27.3 Å². The van der Waals surface area contributed by atoms with E-state index >= 15 is 0 Å². The molecule has 2 rings (SSSR count). The first kappa shape index (κ1) is 14.9. The molecule has 0 saturated heterocycles. The number of nitrogens with two attached hydrogens (primary N) is 1. The van der Waals surface area contributed by atoms with Crippen molar-refractivity contribution in [1.29, 1.82) is 5.26 Å². The molecule has 8 heteroatoms. The molecule has 21 heavy (non-hydrogen) atoms. The average Bonchev–Trinajstić information content (AvgIpc) is 3.02. The third-order valence-electron chi connectivity index (χ3n) is 3.06. The minimum Gasteiger partial charge on any atom is -0.465 e. The number of nitrogen functional groups attached to an aromatic ring is 1. The summed E-state index contributed by atoms with van der Waals surface area (Å²) in [6.07, 6.45) is 3.55. The number of imidazole rings is 1. The Morgan fingerprint density at radius 1 is 1.67 bits per heavy atom. The first-order valence-electron chi connectivity index (χ1n) is 6.07. The SMILES string of the molecule is COC(=O)c1sc(N(C)Cc2nccn2C)c(C#N)c1N. The highest BCUT2D eigenvalue weighted by molar-refractivity contribution is 7.18. The summed E-state index contributed by atoms with van der Waals surface area (Å²) in [5.74, 6) is 0.304. The van der Waals surface area contributed by atoms with Gasteiger partial charge in [-0.1, -0.05) is 0 Å². The maximum absolute atomic E-state index is 11.7. The zero-order valence-electron chi connectivity index (χ0n) is 12.0. The van der Waals surface area contributed by atoms with Crippen LogP contribution in [0.15, 0.2) is 12.4 Å². The fourth-order valence-electron chi connectivity index (χ4n) is 1.89. The molecule has 0 radical (unpaired) electrons. The number of aryl methyl sites for hydroxylation is 1. The molecule has 0 bridgehead atoms. The number of anilines is 2. The lowest BCUT2D eigenvalue weighted by molar-refractivity contribution is 0.0607. The Hall–Kier alpha value is -2.53. The number of thiophene rings is 1. The third kappa shape index (κ3) is 2.68. The number of rotatable bonds is 4. The zero-order chi connectivity index (χ0) is 15.6. The smallest absolute Gasteiger partial charge is 0.350 e. The van der Waals surface area contributed by atoms with Crippen molar-refractivity contribution in [1.82, 2.24) is 9.55 Å². The second-order valence-corrected chi connectivity index (χ2v) is 5.44. The maximum atomic E-state index is 11.7. The van der Waals surface area contributed by atoms with Crippen LogP contribution in [0.5, 0.6) is 0 Å². The van der Waals surface area contributed by atoms with Gasteiger partial charge in [-0.2, -0.15) is 5.26 Å². The van der Waals surface area contributed by atoms with Gasteiger partial charge in [-0.25, -0.2) is 9.78 Å². The molecule has 0 atom stereocenters. The van der Waals surface area contributed by atoms with E-state index in [2.05, 4.69) is 9.72 Å². The summed E-state index contributed by atoms with van der Waals surface area (Å²) < 4.78 is 6.57. The average molecular weight is 305 g/mol. The lowest BCUT2D eigenvalue weighted by Crippen LogP contribution is -2.18. The number of ether oxygens (including phenoxy) is 1. The predicted octanol–water partition coefficient (Wildman–Crippen LogP) is 1.36. The van der Waals surface area contributed by atoms with Crippen molar-refractivity contribution in [2.24, 2.45) is 7.05 Å². The van der Waals surface area contributed by atoms with Crippen LogP contribution in [0.3, 0.4) is 0 Å². The number of hydrogen-bond acceptors (Lipinski definition) is 7. The molecule has 0 aromatic carbocycles. The van der Waals surface area contributed by atoms with Crippen molar-refractivity contribution < 1.29 is 9.53 Å². The van der Waals surface area contributed by atoms with Crippen LogP contribution in [0.4, 0.5) is 10.7 Å². The zero-order valence-corrected chi connectivity index (χ0v) is 12.8. The maximum Gasteiger partial charge on any atom is 0.350 e. The van der Waals surface area contributed by atoms with E-state index in [1.807, 2.05) is 35.8 Å². The summed E-state index contributed by atoms with van der Waals surface area (Å²) in [6.45, 7) is 0.499. The Bertz CT molecular complexity index is 713.